The van der Waals surface area contributed by atoms with Crippen molar-refractivity contribution in [2.45, 2.75) is 18.6 Å². The molecule has 0 aromatic heterocycles. The van der Waals surface area contributed by atoms with E-state index in [1.54, 1.807) is 0 Å². The highest BCUT2D eigenvalue weighted by molar-refractivity contribution is 8.32. The molecule has 0 N–H and O–H groups in total. The summed E-state index contributed by atoms with van der Waals surface area (Å²) in [6.45, 7) is 0. The van der Waals surface area contributed by atoms with Crippen LogP contribution >= 0.6 is 35.3 Å². The first-order valence-corrected chi connectivity index (χ1v) is 9.69. The fourth-order valence-corrected chi connectivity index (χ4v) is 6.09. The van der Waals surface area contributed by atoms with E-state index in [9.17, 15) is 0 Å². The lowest BCUT2D eigenvalue weighted by Crippen LogP contribution is -1.91. The molecule has 0 amide bonds. The van der Waals surface area contributed by atoms with Crippen molar-refractivity contribution in [1.82, 2.24) is 0 Å². The zero-order valence-corrected chi connectivity index (χ0v) is 14.4. The van der Waals surface area contributed by atoms with E-state index in [4.69, 9.17) is 0 Å². The van der Waals surface area contributed by atoms with E-state index in [0.29, 0.717) is 3.91 Å². The van der Waals surface area contributed by atoms with E-state index in [-0.39, 0.29) is 0 Å². The molecule has 0 saturated carbocycles. The van der Waals surface area contributed by atoms with E-state index < -0.39 is 0 Å². The van der Waals surface area contributed by atoms with Gasteiger partial charge in [0.25, 0.3) is 0 Å². The predicted octanol–water partition coefficient (Wildman–Crippen LogP) is 6.65. The van der Waals surface area contributed by atoms with Gasteiger partial charge < -0.3 is 0 Å². The molecule has 0 aliphatic carbocycles. The highest BCUT2D eigenvalue weighted by atomic mass is 32.3. The normalized spacial score (nSPS) is 10.8. The third kappa shape index (κ3) is 4.87. The van der Waals surface area contributed by atoms with Crippen LogP contribution in [0.15, 0.2) is 106 Å². The summed E-state index contributed by atoms with van der Waals surface area (Å²) in [6, 6.07) is 31.8. The van der Waals surface area contributed by atoms with Crippen LogP contribution in [0.2, 0.25) is 0 Å². The minimum absolute atomic E-state index is 0.382. The Hall–Kier alpha value is -1.29. The molecule has 3 heteroatoms. The van der Waals surface area contributed by atoms with Crippen molar-refractivity contribution in [1.29, 1.82) is 0 Å². The lowest BCUT2D eigenvalue weighted by Gasteiger charge is -2.16. The van der Waals surface area contributed by atoms with E-state index in [1.165, 1.54) is 14.7 Å². The number of thioether (sulfide) groups is 3. The minimum atomic E-state index is 0.382. The van der Waals surface area contributed by atoms with E-state index in [0.717, 1.165) is 0 Å². The van der Waals surface area contributed by atoms with E-state index in [2.05, 4.69) is 91.0 Å². The monoisotopic (exact) mass is 340 g/mol. The van der Waals surface area contributed by atoms with Crippen molar-refractivity contribution in [3.8, 4) is 0 Å². The second kappa shape index (κ2) is 8.37. The van der Waals surface area contributed by atoms with Gasteiger partial charge in [0.1, 0.15) is 3.91 Å². The molecular weight excluding hydrogens is 324 g/mol. The zero-order chi connectivity index (χ0) is 15.0. The molecule has 0 aliphatic rings. The van der Waals surface area contributed by atoms with Crippen LogP contribution in [-0.2, 0) is 0 Å². The third-order valence-electron chi connectivity index (χ3n) is 2.93. The van der Waals surface area contributed by atoms with Crippen LogP contribution in [0, 0.1) is 0 Å². The van der Waals surface area contributed by atoms with Crippen molar-refractivity contribution in [3.05, 3.63) is 91.0 Å². The quantitative estimate of drug-likeness (QED) is 0.364. The molecule has 110 valence electrons. The SMILES string of the molecule is c1ccc(SC(Sc2ccccc2)Sc2ccccc2)cc1. The van der Waals surface area contributed by atoms with Gasteiger partial charge in [0, 0.05) is 14.7 Å². The molecule has 3 aromatic carbocycles. The molecule has 0 fully saturated rings. The maximum absolute atomic E-state index is 2.18. The molecule has 3 rings (SSSR count). The van der Waals surface area contributed by atoms with Crippen LogP contribution in [0.4, 0.5) is 0 Å². The first-order chi connectivity index (χ1) is 10.9. The maximum atomic E-state index is 2.18. The summed E-state index contributed by atoms with van der Waals surface area (Å²) in [7, 11) is 0. The van der Waals surface area contributed by atoms with Crippen molar-refractivity contribution < 1.29 is 0 Å². The van der Waals surface area contributed by atoms with Crippen molar-refractivity contribution in [2.75, 3.05) is 0 Å². The van der Waals surface area contributed by atoms with Crippen LogP contribution in [0.5, 0.6) is 0 Å². The smallest absolute Gasteiger partial charge is 0.0999 e. The first kappa shape index (κ1) is 15.6. The van der Waals surface area contributed by atoms with Crippen LogP contribution in [-0.4, -0.2) is 3.91 Å². The van der Waals surface area contributed by atoms with Gasteiger partial charge in [0.2, 0.25) is 0 Å². The van der Waals surface area contributed by atoms with Crippen LogP contribution in [0.25, 0.3) is 0 Å². The topological polar surface area (TPSA) is 0 Å². The summed E-state index contributed by atoms with van der Waals surface area (Å²) in [6.07, 6.45) is 0. The van der Waals surface area contributed by atoms with Gasteiger partial charge in [-0.15, -0.1) is 0 Å². The molecule has 0 unspecified atom stereocenters. The molecule has 3 aromatic rings. The molecule has 0 radical (unpaired) electrons. The van der Waals surface area contributed by atoms with Gasteiger partial charge in [-0.3, -0.25) is 0 Å². The number of hydrogen-bond acceptors (Lipinski definition) is 3. The van der Waals surface area contributed by atoms with Crippen LogP contribution < -0.4 is 0 Å². The summed E-state index contributed by atoms with van der Waals surface area (Å²) in [4.78, 5) is 3.91. The molecule has 0 spiro atoms. The number of hydrogen-bond donors (Lipinski definition) is 0. The molecule has 0 saturated heterocycles. The van der Waals surface area contributed by atoms with Gasteiger partial charge in [-0.05, 0) is 36.4 Å². The van der Waals surface area contributed by atoms with Crippen LogP contribution in [0.3, 0.4) is 0 Å². The summed E-state index contributed by atoms with van der Waals surface area (Å²) in [5, 5.41) is 0. The van der Waals surface area contributed by atoms with Crippen molar-refractivity contribution in [3.63, 3.8) is 0 Å². The summed E-state index contributed by atoms with van der Waals surface area (Å²) in [5.74, 6) is 0. The zero-order valence-electron chi connectivity index (χ0n) is 12.0. The average Bonchev–Trinajstić information content (AvgIpc) is 2.57. The van der Waals surface area contributed by atoms with Gasteiger partial charge in [-0.25, -0.2) is 0 Å². The molecule has 0 heterocycles. The lowest BCUT2D eigenvalue weighted by atomic mass is 10.4. The Balaban J connectivity index is 1.75. The van der Waals surface area contributed by atoms with E-state index in [1.807, 2.05) is 35.3 Å². The Kier molecular flexibility index (Phi) is 5.94. The third-order valence-corrected chi connectivity index (χ3v) is 6.87. The maximum Gasteiger partial charge on any atom is 0.109 e. The largest absolute Gasteiger partial charge is 0.109 e. The molecular formula is C19H16S3. The second-order valence-electron chi connectivity index (χ2n) is 4.58. The molecule has 0 bridgehead atoms. The fraction of sp³-hybridized carbons (Fsp3) is 0.0526. The summed E-state index contributed by atoms with van der Waals surface area (Å²) < 4.78 is 0.382. The summed E-state index contributed by atoms with van der Waals surface area (Å²) >= 11 is 5.71. The lowest BCUT2D eigenvalue weighted by molar-refractivity contribution is 1.44. The Bertz CT molecular complexity index is 570. The average molecular weight is 341 g/mol. The minimum Gasteiger partial charge on any atom is -0.0999 e. The van der Waals surface area contributed by atoms with Gasteiger partial charge in [-0.1, -0.05) is 89.9 Å². The van der Waals surface area contributed by atoms with Crippen molar-refractivity contribution >= 4 is 35.3 Å². The highest BCUT2D eigenvalue weighted by Gasteiger charge is 2.14. The highest BCUT2D eigenvalue weighted by Crippen LogP contribution is 2.44. The summed E-state index contributed by atoms with van der Waals surface area (Å²) in [5.41, 5.74) is 0. The fourth-order valence-electron chi connectivity index (χ4n) is 1.90. The Morgan fingerprint density at radius 3 is 0.955 bits per heavy atom. The molecule has 22 heavy (non-hydrogen) atoms. The molecule has 0 aliphatic heterocycles. The number of rotatable bonds is 6. The van der Waals surface area contributed by atoms with Gasteiger partial charge >= 0.3 is 0 Å². The first-order valence-electron chi connectivity index (χ1n) is 7.05. The Labute approximate surface area is 144 Å². The van der Waals surface area contributed by atoms with E-state index >= 15 is 0 Å². The number of benzene rings is 3. The van der Waals surface area contributed by atoms with Crippen LogP contribution in [0.1, 0.15) is 0 Å². The Morgan fingerprint density at radius 2 is 0.682 bits per heavy atom. The Morgan fingerprint density at radius 1 is 0.409 bits per heavy atom. The standard InChI is InChI=1S/C19H16S3/c1-4-10-16(11-5-1)20-19(21-17-12-6-2-7-13-17)22-18-14-8-3-9-15-18/h1-15,19H. The van der Waals surface area contributed by atoms with Crippen molar-refractivity contribution in [2.24, 2.45) is 0 Å². The van der Waals surface area contributed by atoms with Gasteiger partial charge in [0.15, 0.2) is 0 Å². The van der Waals surface area contributed by atoms with Gasteiger partial charge in [-0.2, -0.15) is 0 Å². The molecule has 0 nitrogen and oxygen atoms in total. The predicted molar refractivity (Wildman–Crippen MR) is 101 cm³/mol. The second-order valence-corrected chi connectivity index (χ2v) is 9.01. The molecule has 0 atom stereocenters. The van der Waals surface area contributed by atoms with Gasteiger partial charge in [0.05, 0.1) is 0 Å².